The first-order valence-corrected chi connectivity index (χ1v) is 14.6. The minimum atomic E-state index is -0.452. The van der Waals surface area contributed by atoms with E-state index >= 15 is 0 Å². The second kappa shape index (κ2) is 12.8. The third-order valence-electron chi connectivity index (χ3n) is 7.81. The smallest absolute Gasteiger partial charge is 0.272 e. The Morgan fingerprint density at radius 3 is 2.48 bits per heavy atom. The van der Waals surface area contributed by atoms with Gasteiger partial charge in [-0.05, 0) is 60.7 Å². The first-order chi connectivity index (χ1) is 20.2. The summed E-state index contributed by atoms with van der Waals surface area (Å²) in [5.74, 6) is 0.927. The Morgan fingerprint density at radius 1 is 1.07 bits per heavy atom. The number of nitrogens with one attached hydrogen (secondary N) is 1. The molecule has 3 amide bonds. The van der Waals surface area contributed by atoms with Crippen molar-refractivity contribution in [1.82, 2.24) is 24.9 Å². The number of rotatable bonds is 3. The van der Waals surface area contributed by atoms with Gasteiger partial charge in [0, 0.05) is 26.7 Å². The fourth-order valence-corrected chi connectivity index (χ4v) is 5.43. The molecule has 0 saturated carbocycles. The molecule has 1 fully saturated rings. The zero-order valence-corrected chi connectivity index (χ0v) is 24.7. The topological polar surface area (TPSA) is 106 Å². The van der Waals surface area contributed by atoms with Crippen LogP contribution in [-0.2, 0) is 34.4 Å². The van der Waals surface area contributed by atoms with Gasteiger partial charge in [-0.2, -0.15) is 5.10 Å². The number of carbonyl (C=O) groups is 3. The fourth-order valence-electron chi connectivity index (χ4n) is 5.43. The van der Waals surface area contributed by atoms with Crippen LogP contribution < -0.4 is 10.1 Å². The monoisotopic (exact) mass is 573 g/mol. The van der Waals surface area contributed by atoms with Gasteiger partial charge in [-0.1, -0.05) is 38.1 Å². The summed E-state index contributed by atoms with van der Waals surface area (Å²) in [5.41, 5.74) is 3.10. The van der Waals surface area contributed by atoms with Crippen LogP contribution in [0.15, 0.2) is 54.6 Å². The first-order valence-electron chi connectivity index (χ1n) is 14.6. The molecule has 5 rings (SSSR count). The lowest BCUT2D eigenvalue weighted by Gasteiger charge is -2.39. The highest BCUT2D eigenvalue weighted by Gasteiger charge is 2.35. The van der Waals surface area contributed by atoms with E-state index in [1.807, 2.05) is 75.4 Å². The van der Waals surface area contributed by atoms with Crippen molar-refractivity contribution < 1.29 is 23.9 Å². The van der Waals surface area contributed by atoms with Crippen LogP contribution >= 0.6 is 0 Å². The molecule has 0 radical (unpaired) electrons. The minimum Gasteiger partial charge on any atom is -0.457 e. The van der Waals surface area contributed by atoms with E-state index in [0.717, 1.165) is 16.8 Å². The molecule has 0 unspecified atom stereocenters. The van der Waals surface area contributed by atoms with Crippen LogP contribution in [0.1, 0.15) is 60.4 Å². The maximum absolute atomic E-state index is 13.6. The van der Waals surface area contributed by atoms with E-state index in [4.69, 9.17) is 9.47 Å². The third-order valence-corrected chi connectivity index (χ3v) is 7.81. The zero-order chi connectivity index (χ0) is 29.8. The number of benzene rings is 2. The van der Waals surface area contributed by atoms with Gasteiger partial charge in [0.05, 0.1) is 37.4 Å². The molecule has 3 aromatic rings. The second-order valence-corrected chi connectivity index (χ2v) is 11.3. The van der Waals surface area contributed by atoms with Gasteiger partial charge in [0.25, 0.3) is 5.91 Å². The fraction of sp³-hybridized carbons (Fsp3) is 0.438. The van der Waals surface area contributed by atoms with Crippen molar-refractivity contribution in [3.05, 3.63) is 77.1 Å². The summed E-state index contributed by atoms with van der Waals surface area (Å²) in [5, 5.41) is 7.59. The third kappa shape index (κ3) is 6.82. The van der Waals surface area contributed by atoms with Gasteiger partial charge in [-0.3, -0.25) is 19.1 Å². The highest BCUT2D eigenvalue weighted by Crippen LogP contribution is 2.26. The van der Waals surface area contributed by atoms with Gasteiger partial charge in [0.15, 0.2) is 0 Å². The van der Waals surface area contributed by atoms with Gasteiger partial charge in [-0.15, -0.1) is 0 Å². The normalized spacial score (nSPS) is 20.0. The van der Waals surface area contributed by atoms with Crippen LogP contribution in [0.3, 0.4) is 0 Å². The summed E-state index contributed by atoms with van der Waals surface area (Å²) in [6.07, 6.45) is 0.375. The Hall–Kier alpha value is -4.18. The van der Waals surface area contributed by atoms with Crippen LogP contribution in [0.25, 0.3) is 0 Å². The maximum atomic E-state index is 13.6. The Balaban J connectivity index is 1.40. The predicted octanol–water partition coefficient (Wildman–Crippen LogP) is 3.66. The predicted molar refractivity (Wildman–Crippen MR) is 157 cm³/mol. The maximum Gasteiger partial charge on any atom is 0.272 e. The standard InChI is InChI=1S/C32H39N5O5/c1-5-36-19-30(38)33-27-18-37(32(40)28-17-26(21(2)3)34-35(28)4)13-12-29(27)41-20-23-9-7-11-25(15-23)42-24-10-6-8-22(14-24)16-31(36)39/h6-11,14-15,17,21,27,29H,5,12-13,16,18-20H2,1-4H3,(H,33,38)/t27-,29-/m0/s1. The summed E-state index contributed by atoms with van der Waals surface area (Å²) in [6, 6.07) is 16.5. The average molecular weight is 574 g/mol. The number of fused-ring (bicyclic) bond motifs is 5. The van der Waals surface area contributed by atoms with Crippen LogP contribution in [0.2, 0.25) is 0 Å². The Morgan fingerprint density at radius 2 is 1.79 bits per heavy atom. The molecule has 1 saturated heterocycles. The van der Waals surface area contributed by atoms with E-state index in [1.165, 1.54) is 4.90 Å². The van der Waals surface area contributed by atoms with Gasteiger partial charge in [-0.25, -0.2) is 0 Å². The summed E-state index contributed by atoms with van der Waals surface area (Å²) in [6.45, 7) is 7.33. The minimum absolute atomic E-state index is 0.0804. The van der Waals surface area contributed by atoms with Crippen LogP contribution in [-0.4, -0.2) is 75.6 Å². The number of likely N-dealkylation sites (tertiary alicyclic amines) is 1. The van der Waals surface area contributed by atoms with Crippen LogP contribution in [0, 0.1) is 0 Å². The molecule has 2 aliphatic heterocycles. The molecule has 10 nitrogen and oxygen atoms in total. The lowest BCUT2D eigenvalue weighted by Crippen LogP contribution is -2.58. The van der Waals surface area contributed by atoms with Crippen LogP contribution in [0.5, 0.6) is 11.5 Å². The van der Waals surface area contributed by atoms with Crippen molar-refractivity contribution in [2.75, 3.05) is 26.2 Å². The number of carbonyl (C=O) groups excluding carboxylic acids is 3. The molecule has 2 aliphatic rings. The number of ether oxygens (including phenoxy) is 2. The van der Waals surface area contributed by atoms with Crippen molar-refractivity contribution in [2.45, 2.75) is 58.3 Å². The molecule has 3 heterocycles. The second-order valence-electron chi connectivity index (χ2n) is 11.3. The average Bonchev–Trinajstić information content (AvgIpc) is 3.36. The number of aromatic nitrogens is 2. The van der Waals surface area contributed by atoms with Gasteiger partial charge >= 0.3 is 0 Å². The Bertz CT molecular complexity index is 1450. The van der Waals surface area contributed by atoms with Gasteiger partial charge < -0.3 is 24.6 Å². The van der Waals surface area contributed by atoms with Crippen molar-refractivity contribution in [3.63, 3.8) is 0 Å². The Labute approximate surface area is 246 Å². The molecular weight excluding hydrogens is 534 g/mol. The van der Waals surface area contributed by atoms with E-state index in [9.17, 15) is 14.4 Å². The summed E-state index contributed by atoms with van der Waals surface area (Å²) < 4.78 is 14.1. The lowest BCUT2D eigenvalue weighted by molar-refractivity contribution is -0.136. The number of likely N-dealkylation sites (N-methyl/N-ethyl adjacent to an activating group) is 1. The molecule has 0 aliphatic carbocycles. The summed E-state index contributed by atoms with van der Waals surface area (Å²) in [7, 11) is 1.77. The number of hydrogen-bond acceptors (Lipinski definition) is 6. The molecule has 222 valence electrons. The molecule has 4 bridgehead atoms. The van der Waals surface area contributed by atoms with Crippen molar-refractivity contribution in [1.29, 1.82) is 0 Å². The Kier molecular flexibility index (Phi) is 8.91. The molecule has 0 spiro atoms. The zero-order valence-electron chi connectivity index (χ0n) is 24.7. The highest BCUT2D eigenvalue weighted by molar-refractivity contribution is 5.93. The van der Waals surface area contributed by atoms with E-state index in [1.54, 1.807) is 16.6 Å². The quantitative estimate of drug-likeness (QED) is 0.513. The number of amides is 3. The number of piperidine rings is 1. The highest BCUT2D eigenvalue weighted by atomic mass is 16.5. The van der Waals surface area contributed by atoms with Crippen molar-refractivity contribution in [2.24, 2.45) is 7.05 Å². The lowest BCUT2D eigenvalue weighted by atomic mass is 10.0. The van der Waals surface area contributed by atoms with Crippen LogP contribution in [0.4, 0.5) is 0 Å². The van der Waals surface area contributed by atoms with E-state index in [-0.39, 0.29) is 49.3 Å². The largest absolute Gasteiger partial charge is 0.457 e. The van der Waals surface area contributed by atoms with E-state index in [2.05, 4.69) is 10.4 Å². The van der Waals surface area contributed by atoms with Crippen molar-refractivity contribution >= 4 is 17.7 Å². The van der Waals surface area contributed by atoms with E-state index < -0.39 is 6.04 Å². The molecule has 42 heavy (non-hydrogen) atoms. The van der Waals surface area contributed by atoms with E-state index in [0.29, 0.717) is 43.3 Å². The molecule has 10 heteroatoms. The number of hydrogen-bond donors (Lipinski definition) is 1. The summed E-state index contributed by atoms with van der Waals surface area (Å²) in [4.78, 5) is 43.3. The first kappa shape index (κ1) is 29.3. The number of nitrogens with zero attached hydrogens (tertiary/aromatic N) is 4. The SMILES string of the molecule is CCN1CC(=O)N[C@H]2CN(C(=O)c3cc(C(C)C)nn3C)CC[C@@H]2OCc2cccc(c2)Oc2cccc(c2)CC1=O. The molecule has 2 aromatic carbocycles. The van der Waals surface area contributed by atoms with Gasteiger partial charge in [0.2, 0.25) is 11.8 Å². The number of aryl methyl sites for hydroxylation is 1. The molecule has 1 aromatic heterocycles. The van der Waals surface area contributed by atoms with Crippen molar-refractivity contribution in [3.8, 4) is 11.5 Å². The molecule has 1 N–H and O–H groups in total. The summed E-state index contributed by atoms with van der Waals surface area (Å²) >= 11 is 0. The molecular formula is C32H39N5O5. The van der Waals surface area contributed by atoms with Gasteiger partial charge in [0.1, 0.15) is 17.2 Å². The molecule has 2 atom stereocenters.